The van der Waals surface area contributed by atoms with Crippen molar-refractivity contribution in [3.63, 3.8) is 0 Å². The van der Waals surface area contributed by atoms with Gasteiger partial charge < -0.3 is 25.2 Å². The molecule has 2 aromatic heterocycles. The van der Waals surface area contributed by atoms with E-state index < -0.39 is 29.2 Å². The van der Waals surface area contributed by atoms with Crippen LogP contribution in [0.3, 0.4) is 0 Å². The minimum absolute atomic E-state index is 0.0609. The van der Waals surface area contributed by atoms with Gasteiger partial charge in [-0.25, -0.2) is 4.79 Å². The molecule has 174 valence electrons. The number of oxime groups is 1. The lowest BCUT2D eigenvalue weighted by Crippen LogP contribution is -2.71. The number of nitrogens with one attached hydrogen (secondary N) is 3. The number of aromatic amines is 1. The van der Waals surface area contributed by atoms with Crippen LogP contribution in [0.15, 0.2) is 27.0 Å². The SMILES string of the molecule is Cc1nnc(SCC2=C(C(=O)O)N3C(=O)C(NC(=O)/C(=N\O)c4csc(=N)[nH]4)[C@H]3SC2)n1C. The van der Waals surface area contributed by atoms with Gasteiger partial charge in [-0.3, -0.25) is 19.9 Å². The molecule has 5 N–H and O–H groups in total. The predicted octanol–water partition coefficient (Wildman–Crippen LogP) is -0.298. The molecule has 4 rings (SSSR count). The summed E-state index contributed by atoms with van der Waals surface area (Å²) in [6, 6.07) is -0.974. The monoisotopic (exact) mass is 510 g/mol. The Kier molecular flexibility index (Phi) is 6.31. The number of nitrogens with zero attached hydrogens (tertiary/aromatic N) is 5. The van der Waals surface area contributed by atoms with Gasteiger partial charge in [0.1, 0.15) is 22.9 Å². The summed E-state index contributed by atoms with van der Waals surface area (Å²) in [5, 5.41) is 41.5. The fourth-order valence-electron chi connectivity index (χ4n) is 3.30. The molecule has 0 saturated carbocycles. The molecule has 1 unspecified atom stereocenters. The molecule has 2 aromatic rings. The number of carbonyl (C=O) groups excluding carboxylic acids is 2. The number of amides is 2. The van der Waals surface area contributed by atoms with Crippen LogP contribution in [0.5, 0.6) is 0 Å². The maximum atomic E-state index is 12.8. The molecule has 13 nitrogen and oxygen atoms in total. The van der Waals surface area contributed by atoms with Crippen molar-refractivity contribution < 1.29 is 24.7 Å². The van der Waals surface area contributed by atoms with E-state index in [0.717, 1.165) is 17.2 Å². The summed E-state index contributed by atoms with van der Waals surface area (Å²) in [6.45, 7) is 1.81. The van der Waals surface area contributed by atoms with E-state index in [1.54, 1.807) is 4.57 Å². The highest BCUT2D eigenvalue weighted by molar-refractivity contribution is 8.01. The van der Waals surface area contributed by atoms with Crippen LogP contribution in [0.25, 0.3) is 0 Å². The Morgan fingerprint density at radius 1 is 1.45 bits per heavy atom. The van der Waals surface area contributed by atoms with Crippen LogP contribution >= 0.6 is 34.9 Å². The number of fused-ring (bicyclic) bond motifs is 1. The predicted molar refractivity (Wildman–Crippen MR) is 119 cm³/mol. The first-order valence-corrected chi connectivity index (χ1v) is 12.3. The quantitative estimate of drug-likeness (QED) is 0.109. The summed E-state index contributed by atoms with van der Waals surface area (Å²) in [4.78, 5) is 41.2. The molecule has 1 fully saturated rings. The standard InChI is InChI=1S/C17H18N8O5S3/c1-6-21-22-17(24(6)2)33-4-7-3-31-14-10(13(27)25(14)11(7)15(28)29)20-12(26)9(23-30)8-5-32-16(18)19-8/h5,10,14,30H,3-4H2,1-2H3,(H2,18,19)(H,20,26)(H,28,29)/b23-9-/t10?,14-/m1/s1. The van der Waals surface area contributed by atoms with E-state index in [9.17, 15) is 24.7 Å². The summed E-state index contributed by atoms with van der Waals surface area (Å²) in [6.07, 6.45) is 0. The average Bonchev–Trinajstić information content (AvgIpc) is 3.35. The van der Waals surface area contributed by atoms with Gasteiger partial charge in [-0.05, 0) is 12.5 Å². The summed E-state index contributed by atoms with van der Waals surface area (Å²) in [5.41, 5.74) is 0.235. The van der Waals surface area contributed by atoms with E-state index in [4.69, 9.17) is 5.41 Å². The van der Waals surface area contributed by atoms with Gasteiger partial charge in [0.05, 0.1) is 5.69 Å². The molecule has 4 heterocycles. The Labute approximate surface area is 198 Å². The molecule has 0 bridgehead atoms. The van der Waals surface area contributed by atoms with Crippen molar-refractivity contribution in [2.75, 3.05) is 11.5 Å². The van der Waals surface area contributed by atoms with E-state index >= 15 is 0 Å². The number of carboxylic acids is 1. The van der Waals surface area contributed by atoms with Crippen molar-refractivity contribution >= 4 is 58.4 Å². The van der Waals surface area contributed by atoms with Crippen molar-refractivity contribution in [3.05, 3.63) is 33.0 Å². The average molecular weight is 511 g/mol. The molecule has 0 radical (unpaired) electrons. The van der Waals surface area contributed by atoms with E-state index in [0.29, 0.717) is 22.2 Å². The molecule has 16 heteroatoms. The van der Waals surface area contributed by atoms with Crippen LogP contribution in [-0.4, -0.2) is 81.4 Å². The van der Waals surface area contributed by atoms with Crippen LogP contribution in [0.4, 0.5) is 0 Å². The molecule has 1 saturated heterocycles. The van der Waals surface area contributed by atoms with Crippen molar-refractivity contribution in [1.82, 2.24) is 30.0 Å². The third kappa shape index (κ3) is 4.16. The van der Waals surface area contributed by atoms with Crippen molar-refractivity contribution in [2.45, 2.75) is 23.5 Å². The Bertz CT molecular complexity index is 1260. The first-order valence-electron chi connectivity index (χ1n) is 9.37. The van der Waals surface area contributed by atoms with Gasteiger partial charge in [-0.2, -0.15) is 0 Å². The summed E-state index contributed by atoms with van der Waals surface area (Å²) in [7, 11) is 1.81. The third-order valence-corrected chi connectivity index (χ3v) is 8.22. The fraction of sp³-hybridized carbons (Fsp3) is 0.353. The van der Waals surface area contributed by atoms with Crippen LogP contribution < -0.4 is 10.1 Å². The lowest BCUT2D eigenvalue weighted by molar-refractivity contribution is -0.150. The second kappa shape index (κ2) is 9.03. The van der Waals surface area contributed by atoms with Crippen LogP contribution in [0, 0.1) is 12.3 Å². The minimum Gasteiger partial charge on any atom is -0.477 e. The molecule has 0 aromatic carbocycles. The Balaban J connectivity index is 1.49. The first kappa shape index (κ1) is 23.1. The number of thiazole rings is 1. The number of aryl methyl sites for hydroxylation is 1. The van der Waals surface area contributed by atoms with Crippen molar-refractivity contribution in [1.29, 1.82) is 5.41 Å². The number of hydrogen-bond acceptors (Lipinski definition) is 11. The molecule has 0 spiro atoms. The van der Waals surface area contributed by atoms with Gasteiger partial charge >= 0.3 is 5.97 Å². The van der Waals surface area contributed by atoms with Crippen LogP contribution in [0.1, 0.15) is 11.5 Å². The second-order valence-corrected chi connectivity index (χ2v) is 9.97. The Morgan fingerprint density at radius 3 is 2.79 bits per heavy atom. The molecule has 2 atom stereocenters. The number of aliphatic carboxylic acids is 1. The third-order valence-electron chi connectivity index (χ3n) is 5.08. The minimum atomic E-state index is -1.23. The van der Waals surface area contributed by atoms with E-state index in [1.165, 1.54) is 33.8 Å². The largest absolute Gasteiger partial charge is 0.477 e. The summed E-state index contributed by atoms with van der Waals surface area (Å²) < 4.78 is 1.79. The number of carbonyl (C=O) groups is 3. The molecule has 33 heavy (non-hydrogen) atoms. The van der Waals surface area contributed by atoms with Gasteiger partial charge in [-0.15, -0.1) is 33.3 Å². The smallest absolute Gasteiger partial charge is 0.352 e. The van der Waals surface area contributed by atoms with Gasteiger partial charge in [0.2, 0.25) is 0 Å². The van der Waals surface area contributed by atoms with Gasteiger partial charge in [0.25, 0.3) is 11.8 Å². The number of β-lactam (4-membered cyclic amide) rings is 1. The van der Waals surface area contributed by atoms with Crippen LogP contribution in [0.2, 0.25) is 0 Å². The first-order chi connectivity index (χ1) is 15.7. The molecule has 0 aliphatic carbocycles. The Morgan fingerprint density at radius 2 is 2.21 bits per heavy atom. The highest BCUT2D eigenvalue weighted by Crippen LogP contribution is 2.41. The molecule has 2 aliphatic rings. The summed E-state index contributed by atoms with van der Waals surface area (Å²) >= 11 is 3.67. The number of carboxylic acid groups (broad SMARTS) is 1. The maximum absolute atomic E-state index is 12.8. The molecular weight excluding hydrogens is 492 g/mol. The number of H-pyrrole nitrogens is 1. The number of thioether (sulfide) groups is 2. The highest BCUT2D eigenvalue weighted by Gasteiger charge is 2.54. The normalized spacial score (nSPS) is 20.5. The number of rotatable bonds is 7. The highest BCUT2D eigenvalue weighted by atomic mass is 32.2. The molecular formula is C17H18N8O5S3. The van der Waals surface area contributed by atoms with Crippen molar-refractivity contribution in [3.8, 4) is 0 Å². The van der Waals surface area contributed by atoms with Gasteiger partial charge in [0, 0.05) is 23.9 Å². The van der Waals surface area contributed by atoms with Gasteiger partial charge in [-0.1, -0.05) is 16.9 Å². The lowest BCUT2D eigenvalue weighted by Gasteiger charge is -2.49. The van der Waals surface area contributed by atoms with E-state index in [-0.39, 0.29) is 21.9 Å². The zero-order chi connectivity index (χ0) is 23.9. The second-order valence-electron chi connectivity index (χ2n) is 7.05. The molecule has 2 amide bonds. The Hall–Kier alpha value is -3.11. The summed E-state index contributed by atoms with van der Waals surface area (Å²) in [5.74, 6) is -1.21. The van der Waals surface area contributed by atoms with Crippen molar-refractivity contribution in [2.24, 2.45) is 12.2 Å². The lowest BCUT2D eigenvalue weighted by atomic mass is 10.0. The number of aromatic nitrogens is 4. The van der Waals surface area contributed by atoms with Crippen LogP contribution in [-0.2, 0) is 21.4 Å². The molecule has 2 aliphatic heterocycles. The number of hydrogen-bond donors (Lipinski definition) is 5. The van der Waals surface area contributed by atoms with Gasteiger partial charge in [0.15, 0.2) is 15.7 Å². The van der Waals surface area contributed by atoms with E-state index in [2.05, 4.69) is 25.7 Å². The fourth-order valence-corrected chi connectivity index (χ4v) is 6.32. The zero-order valence-electron chi connectivity index (χ0n) is 17.2. The zero-order valence-corrected chi connectivity index (χ0v) is 19.7. The maximum Gasteiger partial charge on any atom is 0.352 e. The topological polar surface area (TPSA) is 190 Å². The van der Waals surface area contributed by atoms with E-state index in [1.807, 2.05) is 14.0 Å².